The van der Waals surface area contributed by atoms with Gasteiger partial charge in [0.1, 0.15) is 19.3 Å². The second kappa shape index (κ2) is 79.7. The molecule has 0 fully saturated rings. The summed E-state index contributed by atoms with van der Waals surface area (Å²) in [6.45, 7) is 7.40. The number of esters is 4. The molecule has 0 radical (unpaired) electrons. The van der Waals surface area contributed by atoms with Crippen molar-refractivity contribution in [1.29, 1.82) is 0 Å². The van der Waals surface area contributed by atoms with Crippen molar-refractivity contribution >= 4 is 39.5 Å². The normalized spacial score (nSPS) is 13.7. The van der Waals surface area contributed by atoms with Crippen LogP contribution in [0.25, 0.3) is 0 Å². The summed E-state index contributed by atoms with van der Waals surface area (Å²) >= 11 is 0. The second-order valence-electron chi connectivity index (χ2n) is 31.8. The molecule has 0 aliphatic rings. The summed E-state index contributed by atoms with van der Waals surface area (Å²) in [5.41, 5.74) is 0. The quantitative estimate of drug-likeness (QED) is 0.0222. The molecule has 0 heterocycles. The highest BCUT2D eigenvalue weighted by Gasteiger charge is 2.30. The van der Waals surface area contributed by atoms with Crippen molar-refractivity contribution in [2.75, 3.05) is 39.6 Å². The van der Waals surface area contributed by atoms with Gasteiger partial charge in [-0.25, -0.2) is 9.13 Å². The third-order valence-electron chi connectivity index (χ3n) is 20.5. The molecule has 0 spiro atoms. The molecule has 0 aromatic heterocycles. The van der Waals surface area contributed by atoms with E-state index in [9.17, 15) is 43.2 Å². The van der Waals surface area contributed by atoms with E-state index in [0.29, 0.717) is 25.7 Å². The largest absolute Gasteiger partial charge is 0.472 e. The first-order chi connectivity index (χ1) is 51.5. The summed E-state index contributed by atoms with van der Waals surface area (Å²) in [5.74, 6) is -1.31. The third-order valence-corrected chi connectivity index (χ3v) is 22.4. The Hall–Kier alpha value is -1.94. The number of aliphatic hydroxyl groups excluding tert-OH is 1. The molecule has 0 bridgehead atoms. The SMILES string of the molecule is CCCCCCCCCCCCCCCCCCCCCC(=O)O[C@H](COC(=O)CCCCCCCCCCCCCCCCCCCC)COP(=O)(O)OC[C@@H](O)COP(=O)(O)OC[C@@H](COC(=O)CCCCCCCCCCCCCCC)OC(=O)CCCCCCCCCCCCCCCC(C)C. The Balaban J connectivity index is 5.26. The maximum Gasteiger partial charge on any atom is 0.472 e. The van der Waals surface area contributed by atoms with E-state index in [2.05, 4.69) is 34.6 Å². The lowest BCUT2D eigenvalue weighted by Crippen LogP contribution is -2.30. The molecule has 0 aromatic carbocycles. The minimum atomic E-state index is -4.97. The van der Waals surface area contributed by atoms with E-state index in [1.165, 1.54) is 295 Å². The number of phosphoric acid groups is 2. The maximum atomic E-state index is 13.2. The molecule has 2 unspecified atom stereocenters. The van der Waals surface area contributed by atoms with Gasteiger partial charge in [0.2, 0.25) is 0 Å². The first kappa shape index (κ1) is 104. The summed E-state index contributed by atoms with van der Waals surface area (Å²) in [5, 5.41) is 10.7. The zero-order chi connectivity index (χ0) is 77.6. The number of ether oxygens (including phenoxy) is 4. The van der Waals surface area contributed by atoms with Crippen LogP contribution in [0.2, 0.25) is 0 Å². The maximum absolute atomic E-state index is 13.2. The highest BCUT2D eigenvalue weighted by molar-refractivity contribution is 7.47. The molecule has 5 atom stereocenters. The molecule has 0 saturated carbocycles. The zero-order valence-electron chi connectivity index (χ0n) is 69.6. The van der Waals surface area contributed by atoms with Crippen LogP contribution in [0.5, 0.6) is 0 Å². The van der Waals surface area contributed by atoms with Crippen LogP contribution in [0.3, 0.4) is 0 Å². The van der Waals surface area contributed by atoms with Crippen LogP contribution >= 0.6 is 15.6 Å². The van der Waals surface area contributed by atoms with Gasteiger partial charge in [-0.05, 0) is 31.6 Å². The van der Waals surface area contributed by atoms with Gasteiger partial charge in [0, 0.05) is 25.7 Å². The van der Waals surface area contributed by atoms with Gasteiger partial charge in [0.15, 0.2) is 12.2 Å². The fourth-order valence-corrected chi connectivity index (χ4v) is 15.2. The number of unbranched alkanes of at least 4 members (excludes halogenated alkanes) is 59. The Labute approximate surface area is 651 Å². The number of hydrogen-bond acceptors (Lipinski definition) is 15. The average Bonchev–Trinajstić information content (AvgIpc) is 0.902. The fraction of sp³-hybridized carbons (Fsp3) is 0.954. The van der Waals surface area contributed by atoms with Crippen molar-refractivity contribution < 1.29 is 80.2 Å². The monoisotopic (exact) mass is 1550 g/mol. The van der Waals surface area contributed by atoms with Crippen LogP contribution in [0.1, 0.15) is 471 Å². The minimum absolute atomic E-state index is 0.108. The molecule has 106 heavy (non-hydrogen) atoms. The van der Waals surface area contributed by atoms with Gasteiger partial charge in [-0.1, -0.05) is 420 Å². The van der Waals surface area contributed by atoms with Gasteiger partial charge in [-0.3, -0.25) is 37.3 Å². The molecule has 630 valence electrons. The lowest BCUT2D eigenvalue weighted by atomic mass is 10.0. The minimum Gasteiger partial charge on any atom is -0.462 e. The van der Waals surface area contributed by atoms with Crippen LogP contribution in [0.15, 0.2) is 0 Å². The van der Waals surface area contributed by atoms with Crippen LogP contribution in [-0.2, 0) is 65.4 Å². The molecule has 0 aromatic rings. The molecule has 19 heteroatoms. The number of hydrogen-bond donors (Lipinski definition) is 3. The number of phosphoric ester groups is 2. The molecule has 0 amide bonds. The summed E-state index contributed by atoms with van der Waals surface area (Å²) in [6.07, 6.45) is 73.5. The van der Waals surface area contributed by atoms with Crippen LogP contribution < -0.4 is 0 Å². The summed E-state index contributed by atoms with van der Waals surface area (Å²) in [7, 11) is -9.93. The van der Waals surface area contributed by atoms with Gasteiger partial charge < -0.3 is 33.8 Å². The topological polar surface area (TPSA) is 237 Å². The van der Waals surface area contributed by atoms with E-state index in [1.54, 1.807) is 0 Å². The van der Waals surface area contributed by atoms with Gasteiger partial charge >= 0.3 is 39.5 Å². The van der Waals surface area contributed by atoms with Gasteiger partial charge in [0.25, 0.3) is 0 Å². The Morgan fingerprint density at radius 1 is 0.255 bits per heavy atom. The number of aliphatic hydroxyl groups is 1. The van der Waals surface area contributed by atoms with Crippen molar-refractivity contribution in [1.82, 2.24) is 0 Å². The Kier molecular flexibility index (Phi) is 78.2. The summed E-state index contributed by atoms with van der Waals surface area (Å²) < 4.78 is 69.0. The molecule has 0 saturated heterocycles. The fourth-order valence-electron chi connectivity index (χ4n) is 13.6. The molecule has 17 nitrogen and oxygen atoms in total. The Morgan fingerprint density at radius 3 is 0.642 bits per heavy atom. The molecule has 0 rings (SSSR count). The molecule has 0 aliphatic carbocycles. The first-order valence-electron chi connectivity index (χ1n) is 45.1. The van der Waals surface area contributed by atoms with E-state index in [1.807, 2.05) is 0 Å². The van der Waals surface area contributed by atoms with Crippen LogP contribution in [0.4, 0.5) is 0 Å². The van der Waals surface area contributed by atoms with Crippen LogP contribution in [-0.4, -0.2) is 96.7 Å². The standard InChI is InChI=1S/C87H170O17P2/c1-6-9-12-15-18-21-24-27-29-31-33-35-37-42-47-52-57-62-67-72-86(91)103-83(77-98-85(90)71-66-61-56-51-46-41-36-34-32-30-28-25-22-19-16-13-10-7-2)79-102-106(95,96)100-75-81(88)74-99-105(93,94)101-78-82(76-97-84(89)70-65-60-55-50-45-39-26-23-20-17-14-11-8-3)104-87(92)73-68-63-58-53-48-43-38-40-44-49-54-59-64-69-80(4)5/h80-83,88H,6-79H2,1-5H3,(H,93,94)(H,95,96)/t81-,82+,83+/m0/s1. The van der Waals surface area contributed by atoms with Crippen molar-refractivity contribution in [2.45, 2.75) is 490 Å². The molecule has 3 N–H and O–H groups in total. The average molecular weight is 1550 g/mol. The summed E-state index contributed by atoms with van der Waals surface area (Å²) in [4.78, 5) is 73.3. The van der Waals surface area contributed by atoms with E-state index in [0.717, 1.165) is 95.8 Å². The number of rotatable bonds is 87. The van der Waals surface area contributed by atoms with Crippen molar-refractivity contribution in [3.05, 3.63) is 0 Å². The lowest BCUT2D eigenvalue weighted by molar-refractivity contribution is -0.161. The first-order valence-corrected chi connectivity index (χ1v) is 48.1. The van der Waals surface area contributed by atoms with E-state index < -0.39 is 97.5 Å². The Morgan fingerprint density at radius 2 is 0.434 bits per heavy atom. The Bertz CT molecular complexity index is 2010. The number of carbonyl (C=O) groups excluding carboxylic acids is 4. The summed E-state index contributed by atoms with van der Waals surface area (Å²) in [6, 6.07) is 0. The predicted octanol–water partition coefficient (Wildman–Crippen LogP) is 26.8. The molecule has 0 aliphatic heterocycles. The van der Waals surface area contributed by atoms with Gasteiger partial charge in [0.05, 0.1) is 26.4 Å². The lowest BCUT2D eigenvalue weighted by Gasteiger charge is -2.21. The predicted molar refractivity (Wildman–Crippen MR) is 437 cm³/mol. The second-order valence-corrected chi connectivity index (χ2v) is 34.7. The molecular formula is C87H170O17P2. The van der Waals surface area contributed by atoms with E-state index >= 15 is 0 Å². The van der Waals surface area contributed by atoms with E-state index in [-0.39, 0.29) is 25.7 Å². The van der Waals surface area contributed by atoms with E-state index in [4.69, 9.17) is 37.0 Å². The zero-order valence-corrected chi connectivity index (χ0v) is 71.4. The van der Waals surface area contributed by atoms with Gasteiger partial charge in [-0.2, -0.15) is 0 Å². The van der Waals surface area contributed by atoms with Gasteiger partial charge in [-0.15, -0.1) is 0 Å². The van der Waals surface area contributed by atoms with Crippen molar-refractivity contribution in [3.63, 3.8) is 0 Å². The smallest absolute Gasteiger partial charge is 0.462 e. The van der Waals surface area contributed by atoms with Crippen molar-refractivity contribution in [2.24, 2.45) is 5.92 Å². The number of carbonyl (C=O) groups is 4. The molecular weight excluding hydrogens is 1380 g/mol. The highest BCUT2D eigenvalue weighted by Crippen LogP contribution is 2.45. The highest BCUT2D eigenvalue weighted by atomic mass is 31.2. The third kappa shape index (κ3) is 80.1. The van der Waals surface area contributed by atoms with Crippen LogP contribution in [0, 0.1) is 5.92 Å². The van der Waals surface area contributed by atoms with Crippen molar-refractivity contribution in [3.8, 4) is 0 Å².